The van der Waals surface area contributed by atoms with Crippen molar-refractivity contribution in [3.63, 3.8) is 0 Å². The summed E-state index contributed by atoms with van der Waals surface area (Å²) in [5, 5.41) is 16.8. The highest BCUT2D eigenvalue weighted by atomic mass is 19.2. The van der Waals surface area contributed by atoms with Gasteiger partial charge >= 0.3 is 0 Å². The number of halogens is 2. The molecule has 0 saturated heterocycles. The predicted octanol–water partition coefficient (Wildman–Crippen LogP) is 2.40. The standard InChI is InChI=1S/C10H4F2N2/c11-9-2-1-7(4-10(9)12)3-8(5-13)6-14/h1-4H. The van der Waals surface area contributed by atoms with E-state index < -0.39 is 11.6 Å². The Kier molecular flexibility index (Phi) is 2.93. The summed E-state index contributed by atoms with van der Waals surface area (Å²) in [6, 6.07) is 6.38. The van der Waals surface area contributed by atoms with E-state index in [1.165, 1.54) is 12.1 Å². The van der Waals surface area contributed by atoms with Crippen LogP contribution < -0.4 is 0 Å². The summed E-state index contributed by atoms with van der Waals surface area (Å²) in [5.74, 6) is -1.97. The molecule has 1 rings (SSSR count). The van der Waals surface area contributed by atoms with Gasteiger partial charge in [-0.25, -0.2) is 8.78 Å². The number of nitrogens with zero attached hydrogens (tertiary/aromatic N) is 2. The highest BCUT2D eigenvalue weighted by molar-refractivity contribution is 5.61. The first-order valence-electron chi connectivity index (χ1n) is 3.64. The molecule has 0 amide bonds. The Morgan fingerprint density at radius 2 is 1.79 bits per heavy atom. The number of rotatable bonds is 1. The van der Waals surface area contributed by atoms with Gasteiger partial charge in [-0.3, -0.25) is 0 Å². The molecule has 0 spiro atoms. The third-order valence-electron chi connectivity index (χ3n) is 1.50. The molecule has 0 aromatic heterocycles. The average molecular weight is 190 g/mol. The van der Waals surface area contributed by atoms with Crippen molar-refractivity contribution in [3.05, 3.63) is 41.0 Å². The number of hydrogen-bond donors (Lipinski definition) is 0. The summed E-state index contributed by atoms with van der Waals surface area (Å²) < 4.78 is 25.1. The fourth-order valence-electron chi connectivity index (χ4n) is 0.858. The van der Waals surface area contributed by atoms with Gasteiger partial charge in [0.15, 0.2) is 11.6 Å². The number of allylic oxidation sites excluding steroid dienone is 1. The molecule has 0 aliphatic heterocycles. The van der Waals surface area contributed by atoms with Gasteiger partial charge in [0.1, 0.15) is 17.7 Å². The Labute approximate surface area is 79.3 Å². The van der Waals surface area contributed by atoms with E-state index in [1.54, 1.807) is 12.1 Å². The van der Waals surface area contributed by atoms with Gasteiger partial charge < -0.3 is 0 Å². The summed E-state index contributed by atoms with van der Waals surface area (Å²) in [5.41, 5.74) is 0.123. The predicted molar refractivity (Wildman–Crippen MR) is 45.6 cm³/mol. The van der Waals surface area contributed by atoms with Gasteiger partial charge in [0.05, 0.1) is 0 Å². The first-order valence-corrected chi connectivity index (χ1v) is 3.64. The molecule has 0 heterocycles. The van der Waals surface area contributed by atoms with Crippen molar-refractivity contribution in [2.24, 2.45) is 0 Å². The van der Waals surface area contributed by atoms with Crippen molar-refractivity contribution < 1.29 is 8.78 Å². The van der Waals surface area contributed by atoms with Crippen LogP contribution in [0.1, 0.15) is 5.56 Å². The lowest BCUT2D eigenvalue weighted by Crippen LogP contribution is -1.84. The fourth-order valence-corrected chi connectivity index (χ4v) is 0.858. The van der Waals surface area contributed by atoms with Gasteiger partial charge in [0, 0.05) is 0 Å². The summed E-state index contributed by atoms with van der Waals surface area (Å²) >= 11 is 0. The van der Waals surface area contributed by atoms with E-state index in [1.807, 2.05) is 0 Å². The molecule has 0 aliphatic carbocycles. The van der Waals surface area contributed by atoms with Crippen LogP contribution in [0, 0.1) is 34.3 Å². The van der Waals surface area contributed by atoms with E-state index in [-0.39, 0.29) is 11.1 Å². The Bertz CT molecular complexity index is 448. The molecule has 0 radical (unpaired) electrons. The maximum atomic E-state index is 12.7. The lowest BCUT2D eigenvalue weighted by molar-refractivity contribution is 0.508. The van der Waals surface area contributed by atoms with Crippen molar-refractivity contribution in [1.82, 2.24) is 0 Å². The first kappa shape index (κ1) is 9.88. The van der Waals surface area contributed by atoms with Crippen LogP contribution in [-0.2, 0) is 0 Å². The van der Waals surface area contributed by atoms with Crippen LogP contribution in [0.2, 0.25) is 0 Å². The zero-order chi connectivity index (χ0) is 10.6. The molecule has 4 heteroatoms. The largest absolute Gasteiger partial charge is 0.204 e. The van der Waals surface area contributed by atoms with Crippen LogP contribution in [0.15, 0.2) is 23.8 Å². The highest BCUT2D eigenvalue weighted by Crippen LogP contribution is 2.11. The average Bonchev–Trinajstić information content (AvgIpc) is 2.19. The number of nitriles is 2. The molecule has 0 atom stereocenters. The van der Waals surface area contributed by atoms with Crippen LogP contribution in [-0.4, -0.2) is 0 Å². The van der Waals surface area contributed by atoms with E-state index in [0.717, 1.165) is 12.1 Å². The lowest BCUT2D eigenvalue weighted by Gasteiger charge is -1.94. The number of hydrogen-bond acceptors (Lipinski definition) is 2. The smallest absolute Gasteiger partial charge is 0.159 e. The van der Waals surface area contributed by atoms with Crippen LogP contribution in [0.4, 0.5) is 8.78 Å². The zero-order valence-corrected chi connectivity index (χ0v) is 6.96. The third kappa shape index (κ3) is 2.15. The maximum absolute atomic E-state index is 12.7. The molecule has 0 bridgehead atoms. The van der Waals surface area contributed by atoms with Crippen molar-refractivity contribution in [2.45, 2.75) is 0 Å². The second-order valence-electron chi connectivity index (χ2n) is 2.46. The van der Waals surface area contributed by atoms with E-state index in [2.05, 4.69) is 0 Å². The van der Waals surface area contributed by atoms with Crippen LogP contribution in [0.5, 0.6) is 0 Å². The van der Waals surface area contributed by atoms with Crippen molar-refractivity contribution in [3.8, 4) is 12.1 Å². The van der Waals surface area contributed by atoms with Gasteiger partial charge in [-0.1, -0.05) is 6.07 Å². The molecule has 14 heavy (non-hydrogen) atoms. The Hall–Kier alpha value is -2.20. The SMILES string of the molecule is N#CC(C#N)=Cc1ccc(F)c(F)c1. The molecular weight excluding hydrogens is 186 g/mol. The second kappa shape index (κ2) is 4.15. The van der Waals surface area contributed by atoms with Gasteiger partial charge in [-0.2, -0.15) is 10.5 Å². The molecule has 0 saturated carbocycles. The molecule has 68 valence electrons. The van der Waals surface area contributed by atoms with Crippen molar-refractivity contribution >= 4 is 6.08 Å². The summed E-state index contributed by atoms with van der Waals surface area (Å²) in [6.07, 6.45) is 1.18. The van der Waals surface area contributed by atoms with Crippen LogP contribution >= 0.6 is 0 Å². The Balaban J connectivity index is 3.13. The van der Waals surface area contributed by atoms with Gasteiger partial charge in [-0.15, -0.1) is 0 Å². The first-order chi connectivity index (χ1) is 6.67. The lowest BCUT2D eigenvalue weighted by atomic mass is 10.1. The summed E-state index contributed by atoms with van der Waals surface area (Å²) in [4.78, 5) is 0. The Morgan fingerprint density at radius 3 is 2.29 bits per heavy atom. The molecule has 0 unspecified atom stereocenters. The van der Waals surface area contributed by atoms with Crippen LogP contribution in [0.25, 0.3) is 6.08 Å². The van der Waals surface area contributed by atoms with Gasteiger partial charge in [-0.05, 0) is 23.8 Å². The van der Waals surface area contributed by atoms with E-state index >= 15 is 0 Å². The van der Waals surface area contributed by atoms with Gasteiger partial charge in [0.25, 0.3) is 0 Å². The normalized spacial score (nSPS) is 8.57. The number of benzene rings is 1. The highest BCUT2D eigenvalue weighted by Gasteiger charge is 2.01. The fraction of sp³-hybridized carbons (Fsp3) is 0. The third-order valence-corrected chi connectivity index (χ3v) is 1.50. The summed E-state index contributed by atoms with van der Waals surface area (Å²) in [6.45, 7) is 0. The molecule has 0 N–H and O–H groups in total. The minimum Gasteiger partial charge on any atom is -0.204 e. The maximum Gasteiger partial charge on any atom is 0.159 e. The van der Waals surface area contributed by atoms with Crippen molar-refractivity contribution in [2.75, 3.05) is 0 Å². The Morgan fingerprint density at radius 1 is 1.14 bits per heavy atom. The minimum atomic E-state index is -1.01. The van der Waals surface area contributed by atoms with E-state index in [0.29, 0.717) is 0 Å². The summed E-state index contributed by atoms with van der Waals surface area (Å²) in [7, 11) is 0. The molecule has 1 aromatic carbocycles. The monoisotopic (exact) mass is 190 g/mol. The topological polar surface area (TPSA) is 47.6 Å². The molecular formula is C10H4F2N2. The van der Waals surface area contributed by atoms with Crippen LogP contribution in [0.3, 0.4) is 0 Å². The molecule has 0 fully saturated rings. The quantitative estimate of drug-likeness (QED) is 0.638. The van der Waals surface area contributed by atoms with Crippen molar-refractivity contribution in [1.29, 1.82) is 10.5 Å². The molecule has 1 aromatic rings. The second-order valence-corrected chi connectivity index (χ2v) is 2.46. The van der Waals surface area contributed by atoms with E-state index in [4.69, 9.17) is 10.5 Å². The minimum absolute atomic E-state index is 0.156. The molecule has 0 aliphatic rings. The molecule has 2 nitrogen and oxygen atoms in total. The van der Waals surface area contributed by atoms with E-state index in [9.17, 15) is 8.78 Å². The van der Waals surface area contributed by atoms with Gasteiger partial charge in [0.2, 0.25) is 0 Å². The zero-order valence-electron chi connectivity index (χ0n) is 6.96.